The van der Waals surface area contributed by atoms with Gasteiger partial charge in [0.2, 0.25) is 0 Å². The number of ether oxygens (including phenoxy) is 2. The van der Waals surface area contributed by atoms with E-state index >= 15 is 0 Å². The maximum atomic E-state index is 12.7. The minimum atomic E-state index is -0.150. The van der Waals surface area contributed by atoms with Gasteiger partial charge in [-0.1, -0.05) is 15.9 Å². The summed E-state index contributed by atoms with van der Waals surface area (Å²) in [5, 5.41) is 9.33. The van der Waals surface area contributed by atoms with Crippen molar-refractivity contribution >= 4 is 50.5 Å². The highest BCUT2D eigenvalue weighted by Crippen LogP contribution is 2.35. The second-order valence-electron chi connectivity index (χ2n) is 5.70. The van der Waals surface area contributed by atoms with Crippen molar-refractivity contribution in [3.05, 3.63) is 57.4 Å². The van der Waals surface area contributed by atoms with E-state index in [1.54, 1.807) is 26.3 Å². The Labute approximate surface area is 175 Å². The summed E-state index contributed by atoms with van der Waals surface area (Å²) in [5.74, 6) is 1.13. The summed E-state index contributed by atoms with van der Waals surface area (Å²) in [6.07, 6.45) is 1.75. The minimum Gasteiger partial charge on any atom is -0.497 e. The minimum absolute atomic E-state index is 0.0665. The lowest BCUT2D eigenvalue weighted by Crippen LogP contribution is -2.23. The van der Waals surface area contributed by atoms with Crippen molar-refractivity contribution in [1.82, 2.24) is 4.90 Å². The van der Waals surface area contributed by atoms with Crippen LogP contribution in [0.3, 0.4) is 0 Å². The topological polar surface area (TPSA) is 74.9 Å². The van der Waals surface area contributed by atoms with E-state index in [0.29, 0.717) is 21.4 Å². The Hall–Kier alpha value is -2.76. The number of methoxy groups -OCH3 is 1. The summed E-state index contributed by atoms with van der Waals surface area (Å²) in [5.41, 5.74) is 1.43. The first kappa shape index (κ1) is 20.0. The number of hydrogen-bond donors (Lipinski definition) is 0. The number of rotatable bonds is 5. The van der Waals surface area contributed by atoms with Crippen LogP contribution in [0.1, 0.15) is 5.56 Å². The Balaban J connectivity index is 1.90. The van der Waals surface area contributed by atoms with Crippen LogP contribution in [0.2, 0.25) is 0 Å². The normalized spacial score (nSPS) is 16.5. The molecule has 0 N–H and O–H groups in total. The van der Waals surface area contributed by atoms with Crippen molar-refractivity contribution in [1.29, 1.82) is 5.26 Å². The van der Waals surface area contributed by atoms with Crippen molar-refractivity contribution in [3.8, 4) is 17.6 Å². The molecule has 28 heavy (non-hydrogen) atoms. The highest BCUT2D eigenvalue weighted by molar-refractivity contribution is 9.10. The fraction of sp³-hybridized carbons (Fsp3) is 0.150. The molecule has 0 saturated carbocycles. The molecule has 2 aromatic carbocycles. The van der Waals surface area contributed by atoms with Crippen molar-refractivity contribution in [2.45, 2.75) is 0 Å². The largest absolute Gasteiger partial charge is 0.497 e. The van der Waals surface area contributed by atoms with Crippen LogP contribution in [0.25, 0.3) is 6.08 Å². The van der Waals surface area contributed by atoms with E-state index in [0.717, 1.165) is 15.9 Å². The third-order valence-corrected chi connectivity index (χ3v) is 5.40. The molecule has 6 nitrogen and oxygen atoms in total. The molecule has 1 amide bonds. The lowest BCUT2D eigenvalue weighted by Gasteiger charge is -2.08. The molecule has 8 heteroatoms. The fourth-order valence-electron chi connectivity index (χ4n) is 2.43. The number of benzene rings is 2. The molecule has 0 aromatic heterocycles. The van der Waals surface area contributed by atoms with Crippen LogP contribution in [-0.4, -0.2) is 36.7 Å². The van der Waals surface area contributed by atoms with E-state index in [4.69, 9.17) is 14.7 Å². The number of amides is 1. The number of nitriles is 1. The van der Waals surface area contributed by atoms with Gasteiger partial charge in [0, 0.05) is 17.1 Å². The highest BCUT2D eigenvalue weighted by Gasteiger charge is 2.30. The molecule has 0 aliphatic carbocycles. The van der Waals surface area contributed by atoms with E-state index < -0.39 is 0 Å². The maximum Gasteiger partial charge on any atom is 0.266 e. The number of hydrogen-bond acceptors (Lipinski definition) is 6. The van der Waals surface area contributed by atoms with Gasteiger partial charge in [-0.05, 0) is 60.3 Å². The Kier molecular flexibility index (Phi) is 6.39. The van der Waals surface area contributed by atoms with Gasteiger partial charge in [0.25, 0.3) is 5.91 Å². The van der Waals surface area contributed by atoms with Gasteiger partial charge in [0.1, 0.15) is 17.6 Å². The van der Waals surface area contributed by atoms with Gasteiger partial charge in [-0.25, -0.2) is 4.99 Å². The molecule has 0 atom stereocenters. The molecule has 0 bridgehead atoms. The molecule has 1 heterocycles. The highest BCUT2D eigenvalue weighted by atomic mass is 79.9. The standard InChI is InChI=1S/C20H16BrN3O3S/c1-24-19(25)18(12-13-11-14(21)3-8-17(13)27-10-9-22)28-20(24)23-15-4-6-16(26-2)7-5-15/h3-8,11-12H,10H2,1-2H3. The summed E-state index contributed by atoms with van der Waals surface area (Å²) in [6.45, 7) is -0.0665. The molecule has 1 fully saturated rings. The van der Waals surface area contributed by atoms with E-state index in [9.17, 15) is 4.79 Å². The number of carbonyl (C=O) groups is 1. The SMILES string of the molecule is COc1ccc(N=C2SC(=Cc3cc(Br)ccc3OCC#N)C(=O)N2C)cc1. The van der Waals surface area contributed by atoms with Crippen LogP contribution in [0.4, 0.5) is 5.69 Å². The number of aliphatic imine (C=N–C) groups is 1. The summed E-state index contributed by atoms with van der Waals surface area (Å²) >= 11 is 4.71. The van der Waals surface area contributed by atoms with E-state index in [1.165, 1.54) is 16.7 Å². The molecule has 3 rings (SSSR count). The zero-order valence-corrected chi connectivity index (χ0v) is 17.6. The van der Waals surface area contributed by atoms with Gasteiger partial charge in [0.15, 0.2) is 11.8 Å². The first-order chi connectivity index (χ1) is 13.5. The average Bonchev–Trinajstić information content (AvgIpc) is 2.96. The smallest absolute Gasteiger partial charge is 0.266 e. The number of nitrogens with zero attached hydrogens (tertiary/aromatic N) is 3. The zero-order chi connectivity index (χ0) is 20.1. The van der Waals surface area contributed by atoms with Gasteiger partial charge in [-0.2, -0.15) is 5.26 Å². The van der Waals surface area contributed by atoms with Crippen LogP contribution < -0.4 is 9.47 Å². The van der Waals surface area contributed by atoms with Crippen LogP contribution in [0.5, 0.6) is 11.5 Å². The molecule has 1 saturated heterocycles. The molecule has 2 aromatic rings. The number of amidine groups is 1. The third-order valence-electron chi connectivity index (χ3n) is 3.85. The molecule has 142 valence electrons. The number of likely N-dealkylation sites (N-methyl/N-ethyl adjacent to an activating group) is 1. The number of thioether (sulfide) groups is 1. The fourth-order valence-corrected chi connectivity index (χ4v) is 3.79. The number of carbonyl (C=O) groups excluding carboxylic acids is 1. The van der Waals surface area contributed by atoms with Crippen LogP contribution in [0, 0.1) is 11.3 Å². The lowest BCUT2D eigenvalue weighted by molar-refractivity contribution is -0.121. The molecule has 1 aliphatic rings. The van der Waals surface area contributed by atoms with Gasteiger partial charge in [0.05, 0.1) is 17.7 Å². The van der Waals surface area contributed by atoms with Crippen LogP contribution in [-0.2, 0) is 4.79 Å². The first-order valence-corrected chi connectivity index (χ1v) is 9.82. The second-order valence-corrected chi connectivity index (χ2v) is 7.62. The van der Waals surface area contributed by atoms with E-state index in [-0.39, 0.29) is 12.5 Å². The molecular formula is C20H16BrN3O3S. The van der Waals surface area contributed by atoms with Crippen LogP contribution >= 0.6 is 27.7 Å². The second kappa shape index (κ2) is 8.95. The van der Waals surface area contributed by atoms with Crippen molar-refractivity contribution in [3.63, 3.8) is 0 Å². The third kappa shape index (κ3) is 4.55. The molecule has 0 radical (unpaired) electrons. The van der Waals surface area contributed by atoms with Gasteiger partial charge >= 0.3 is 0 Å². The van der Waals surface area contributed by atoms with Crippen molar-refractivity contribution in [2.75, 3.05) is 20.8 Å². The first-order valence-electron chi connectivity index (χ1n) is 8.21. The summed E-state index contributed by atoms with van der Waals surface area (Å²) in [7, 11) is 3.29. The molecule has 0 spiro atoms. The summed E-state index contributed by atoms with van der Waals surface area (Å²) in [4.78, 5) is 19.2. The average molecular weight is 458 g/mol. The zero-order valence-electron chi connectivity index (χ0n) is 15.2. The monoisotopic (exact) mass is 457 g/mol. The quantitative estimate of drug-likeness (QED) is 0.613. The Morgan fingerprint density at radius 3 is 2.71 bits per heavy atom. The Morgan fingerprint density at radius 1 is 1.29 bits per heavy atom. The van der Waals surface area contributed by atoms with Crippen molar-refractivity contribution < 1.29 is 14.3 Å². The van der Waals surface area contributed by atoms with Gasteiger partial charge in [-0.3, -0.25) is 9.69 Å². The number of halogens is 1. The van der Waals surface area contributed by atoms with E-state index in [1.807, 2.05) is 42.5 Å². The van der Waals surface area contributed by atoms with E-state index in [2.05, 4.69) is 20.9 Å². The van der Waals surface area contributed by atoms with Gasteiger partial charge in [-0.15, -0.1) is 0 Å². The Morgan fingerprint density at radius 2 is 2.04 bits per heavy atom. The molecular weight excluding hydrogens is 442 g/mol. The Bertz CT molecular complexity index is 997. The van der Waals surface area contributed by atoms with Gasteiger partial charge < -0.3 is 9.47 Å². The summed E-state index contributed by atoms with van der Waals surface area (Å²) < 4.78 is 11.4. The molecule has 1 aliphatic heterocycles. The lowest BCUT2D eigenvalue weighted by atomic mass is 10.2. The predicted octanol–water partition coefficient (Wildman–Crippen LogP) is 4.59. The van der Waals surface area contributed by atoms with Crippen molar-refractivity contribution in [2.24, 2.45) is 4.99 Å². The predicted molar refractivity (Wildman–Crippen MR) is 114 cm³/mol. The maximum absolute atomic E-state index is 12.7. The van der Waals surface area contributed by atoms with Crippen LogP contribution in [0.15, 0.2) is 56.8 Å². The molecule has 0 unspecified atom stereocenters. The summed E-state index contributed by atoms with van der Waals surface area (Å²) in [6, 6.07) is 14.7.